The Morgan fingerprint density at radius 1 is 1.24 bits per heavy atom. The van der Waals surface area contributed by atoms with Crippen molar-refractivity contribution in [3.8, 4) is 0 Å². The first-order valence-electron chi connectivity index (χ1n) is 5.52. The highest BCUT2D eigenvalue weighted by atomic mass is 16.8. The molecule has 1 aromatic carbocycles. The highest BCUT2D eigenvalue weighted by Crippen LogP contribution is 2.38. The molecule has 2 rings (SSSR count). The summed E-state index contributed by atoms with van der Waals surface area (Å²) < 4.78 is 16.1. The number of hydrogen-bond donors (Lipinski definition) is 0. The van der Waals surface area contributed by atoms with Crippen LogP contribution in [0.15, 0.2) is 30.3 Å². The van der Waals surface area contributed by atoms with Crippen LogP contribution in [0.4, 0.5) is 0 Å². The Hall–Kier alpha value is -1.39. The molecule has 92 valence electrons. The van der Waals surface area contributed by atoms with Crippen LogP contribution < -0.4 is 0 Å². The number of ether oxygens (including phenoxy) is 3. The van der Waals surface area contributed by atoms with Crippen molar-refractivity contribution in [2.45, 2.75) is 31.8 Å². The number of carbonyl (C=O) groups excluding carboxylic acids is 1. The van der Waals surface area contributed by atoms with E-state index < -0.39 is 24.0 Å². The number of esters is 1. The Labute approximate surface area is 100 Å². The number of rotatable bonds is 2. The zero-order chi connectivity index (χ0) is 12.5. The average molecular weight is 236 g/mol. The second-order valence-corrected chi connectivity index (χ2v) is 4.41. The van der Waals surface area contributed by atoms with Crippen molar-refractivity contribution >= 4 is 5.97 Å². The van der Waals surface area contributed by atoms with Gasteiger partial charge in [-0.1, -0.05) is 30.3 Å². The van der Waals surface area contributed by atoms with Gasteiger partial charge in [0.1, 0.15) is 6.10 Å². The van der Waals surface area contributed by atoms with Crippen LogP contribution in [0, 0.1) is 0 Å². The second kappa shape index (κ2) is 4.47. The third-order valence-corrected chi connectivity index (χ3v) is 2.66. The van der Waals surface area contributed by atoms with Crippen molar-refractivity contribution in [3.63, 3.8) is 0 Å². The van der Waals surface area contributed by atoms with E-state index in [0.717, 1.165) is 5.56 Å². The first-order chi connectivity index (χ1) is 8.03. The maximum atomic E-state index is 11.7. The topological polar surface area (TPSA) is 44.8 Å². The molecular weight excluding hydrogens is 220 g/mol. The fraction of sp³-hybridized carbons (Fsp3) is 0.462. The van der Waals surface area contributed by atoms with Crippen molar-refractivity contribution in [2.75, 3.05) is 7.11 Å². The first kappa shape index (κ1) is 12.1. The van der Waals surface area contributed by atoms with Crippen LogP contribution in [0.1, 0.15) is 25.5 Å². The molecule has 0 aromatic heterocycles. The molecule has 0 N–H and O–H groups in total. The van der Waals surface area contributed by atoms with Crippen molar-refractivity contribution in [3.05, 3.63) is 35.9 Å². The lowest BCUT2D eigenvalue weighted by molar-refractivity contribution is -0.168. The van der Waals surface area contributed by atoms with Crippen LogP contribution in [0.2, 0.25) is 0 Å². The molecule has 0 aliphatic carbocycles. The Bertz CT molecular complexity index is 399. The molecule has 1 unspecified atom stereocenters. The number of hydrogen-bond acceptors (Lipinski definition) is 4. The number of carbonyl (C=O) groups is 1. The molecule has 4 heteroatoms. The highest BCUT2D eigenvalue weighted by molar-refractivity contribution is 5.76. The van der Waals surface area contributed by atoms with E-state index in [4.69, 9.17) is 14.2 Å². The minimum Gasteiger partial charge on any atom is -0.467 e. The van der Waals surface area contributed by atoms with Gasteiger partial charge in [-0.15, -0.1) is 0 Å². The van der Waals surface area contributed by atoms with E-state index in [-0.39, 0.29) is 0 Å². The summed E-state index contributed by atoms with van der Waals surface area (Å²) in [5, 5.41) is 0. The molecule has 0 amide bonds. The van der Waals surface area contributed by atoms with Crippen LogP contribution in [-0.2, 0) is 19.0 Å². The SMILES string of the molecule is COC(=O)C1OC(C)(C)O[C@H]1c1ccccc1. The fourth-order valence-electron chi connectivity index (χ4n) is 1.94. The summed E-state index contributed by atoms with van der Waals surface area (Å²) in [5.74, 6) is -1.19. The number of benzene rings is 1. The van der Waals surface area contributed by atoms with Crippen molar-refractivity contribution in [2.24, 2.45) is 0 Å². The van der Waals surface area contributed by atoms with Gasteiger partial charge in [0.25, 0.3) is 0 Å². The molecule has 0 spiro atoms. The molecule has 2 atom stereocenters. The first-order valence-corrected chi connectivity index (χ1v) is 5.52. The smallest absolute Gasteiger partial charge is 0.338 e. The molecule has 1 aliphatic rings. The van der Waals surface area contributed by atoms with Crippen LogP contribution in [0.3, 0.4) is 0 Å². The van der Waals surface area contributed by atoms with Crippen molar-refractivity contribution in [1.82, 2.24) is 0 Å². The fourth-order valence-corrected chi connectivity index (χ4v) is 1.94. The lowest BCUT2D eigenvalue weighted by Crippen LogP contribution is -2.28. The van der Waals surface area contributed by atoms with Gasteiger partial charge in [-0.25, -0.2) is 4.79 Å². The summed E-state index contributed by atoms with van der Waals surface area (Å²) in [6.07, 6.45) is -1.13. The van der Waals surface area contributed by atoms with Gasteiger partial charge >= 0.3 is 5.97 Å². The van der Waals surface area contributed by atoms with E-state index in [1.165, 1.54) is 7.11 Å². The molecule has 1 saturated heterocycles. The zero-order valence-electron chi connectivity index (χ0n) is 10.2. The maximum Gasteiger partial charge on any atom is 0.338 e. The molecule has 1 heterocycles. The Balaban J connectivity index is 2.28. The molecule has 0 radical (unpaired) electrons. The highest BCUT2D eigenvalue weighted by Gasteiger charge is 2.46. The minimum atomic E-state index is -0.778. The summed E-state index contributed by atoms with van der Waals surface area (Å²) in [4.78, 5) is 11.7. The lowest BCUT2D eigenvalue weighted by Gasteiger charge is -2.16. The summed E-state index contributed by atoms with van der Waals surface area (Å²) in [6.45, 7) is 3.57. The summed E-state index contributed by atoms with van der Waals surface area (Å²) >= 11 is 0. The van der Waals surface area contributed by atoms with Gasteiger partial charge in [0, 0.05) is 0 Å². The summed E-state index contributed by atoms with van der Waals surface area (Å²) in [5.41, 5.74) is 0.911. The second-order valence-electron chi connectivity index (χ2n) is 4.41. The van der Waals surface area contributed by atoms with Crippen LogP contribution in [-0.4, -0.2) is 25.0 Å². The van der Waals surface area contributed by atoms with E-state index in [0.29, 0.717) is 0 Å². The van der Waals surface area contributed by atoms with Gasteiger partial charge in [-0.05, 0) is 19.4 Å². The van der Waals surface area contributed by atoms with Gasteiger partial charge in [0.05, 0.1) is 7.11 Å². The van der Waals surface area contributed by atoms with E-state index in [9.17, 15) is 4.79 Å². The van der Waals surface area contributed by atoms with Gasteiger partial charge in [-0.3, -0.25) is 0 Å². The molecule has 1 aromatic rings. The van der Waals surface area contributed by atoms with Gasteiger partial charge in [0.2, 0.25) is 0 Å². The van der Waals surface area contributed by atoms with E-state index in [2.05, 4.69) is 0 Å². The molecular formula is C13H16O4. The zero-order valence-corrected chi connectivity index (χ0v) is 10.2. The van der Waals surface area contributed by atoms with Gasteiger partial charge in [0.15, 0.2) is 11.9 Å². The Morgan fingerprint density at radius 3 is 2.47 bits per heavy atom. The maximum absolute atomic E-state index is 11.7. The van der Waals surface area contributed by atoms with E-state index in [1.54, 1.807) is 13.8 Å². The number of methoxy groups -OCH3 is 1. The minimum absolute atomic E-state index is 0.413. The Kier molecular flexibility index (Phi) is 3.17. The van der Waals surface area contributed by atoms with Gasteiger partial charge < -0.3 is 14.2 Å². The van der Waals surface area contributed by atoms with Crippen molar-refractivity contribution < 1.29 is 19.0 Å². The lowest BCUT2D eigenvalue weighted by atomic mass is 10.0. The normalized spacial score (nSPS) is 26.8. The van der Waals surface area contributed by atoms with Gasteiger partial charge in [-0.2, -0.15) is 0 Å². The monoisotopic (exact) mass is 236 g/mol. The van der Waals surface area contributed by atoms with Crippen molar-refractivity contribution in [1.29, 1.82) is 0 Å². The molecule has 0 bridgehead atoms. The standard InChI is InChI=1S/C13H16O4/c1-13(2)16-10(9-7-5-4-6-8-9)11(17-13)12(14)15-3/h4-8,10-11H,1-3H3/t10-,11?/m0/s1. The third kappa shape index (κ3) is 2.48. The Morgan fingerprint density at radius 2 is 1.88 bits per heavy atom. The summed E-state index contributed by atoms with van der Waals surface area (Å²) in [6, 6.07) is 9.53. The largest absolute Gasteiger partial charge is 0.467 e. The predicted octanol–water partition coefficient (Wildman–Crippen LogP) is 2.05. The molecule has 1 fully saturated rings. The van der Waals surface area contributed by atoms with Crippen LogP contribution >= 0.6 is 0 Å². The molecule has 17 heavy (non-hydrogen) atoms. The predicted molar refractivity (Wildman–Crippen MR) is 61.2 cm³/mol. The average Bonchev–Trinajstić information content (AvgIpc) is 2.65. The van der Waals surface area contributed by atoms with E-state index in [1.807, 2.05) is 30.3 Å². The van der Waals surface area contributed by atoms with Crippen LogP contribution in [0.25, 0.3) is 0 Å². The van der Waals surface area contributed by atoms with E-state index >= 15 is 0 Å². The molecule has 4 nitrogen and oxygen atoms in total. The quantitative estimate of drug-likeness (QED) is 0.737. The third-order valence-electron chi connectivity index (χ3n) is 2.66. The summed E-state index contributed by atoms with van der Waals surface area (Å²) in [7, 11) is 1.35. The molecule has 0 saturated carbocycles. The molecule has 1 aliphatic heterocycles. The van der Waals surface area contributed by atoms with Crippen LogP contribution in [0.5, 0.6) is 0 Å².